The van der Waals surface area contributed by atoms with E-state index in [1.165, 1.54) is 23.8 Å². The highest BCUT2D eigenvalue weighted by atomic mass is 35.5. The molecule has 0 radical (unpaired) electrons. The molecule has 3 nitrogen and oxygen atoms in total. The van der Waals surface area contributed by atoms with E-state index in [0.29, 0.717) is 6.54 Å². The van der Waals surface area contributed by atoms with Gasteiger partial charge in [0.2, 0.25) is 0 Å². The second-order valence-electron chi connectivity index (χ2n) is 10.0. The summed E-state index contributed by atoms with van der Waals surface area (Å²) in [5.41, 5.74) is 3.40. The summed E-state index contributed by atoms with van der Waals surface area (Å²) in [5, 5.41) is 0.120. The van der Waals surface area contributed by atoms with Crippen LogP contribution in [0.1, 0.15) is 41.0 Å². The summed E-state index contributed by atoms with van der Waals surface area (Å²) in [4.78, 5) is 16.1. The molecule has 1 saturated carbocycles. The first-order valence-corrected chi connectivity index (χ1v) is 12.3. The van der Waals surface area contributed by atoms with Crippen molar-refractivity contribution in [3.8, 4) is 0 Å². The lowest BCUT2D eigenvalue weighted by atomic mass is 9.42. The van der Waals surface area contributed by atoms with Crippen molar-refractivity contribution >= 4 is 17.6 Å². The normalized spacial score (nSPS) is 29.5. The van der Waals surface area contributed by atoms with Gasteiger partial charge in [0.25, 0.3) is 0 Å². The Morgan fingerprint density at radius 3 is 2.65 bits per heavy atom. The van der Waals surface area contributed by atoms with Gasteiger partial charge in [-0.3, -0.25) is 9.69 Å². The zero-order valence-corrected chi connectivity index (χ0v) is 19.9. The van der Waals surface area contributed by atoms with Crippen LogP contribution in [0.3, 0.4) is 0 Å². The van der Waals surface area contributed by atoms with Crippen LogP contribution in [0.2, 0.25) is 5.02 Å². The van der Waals surface area contributed by atoms with Gasteiger partial charge >= 0.3 is 5.97 Å². The molecule has 1 saturated heterocycles. The van der Waals surface area contributed by atoms with Crippen LogP contribution in [0.4, 0.5) is 4.39 Å². The van der Waals surface area contributed by atoms with Crippen molar-refractivity contribution in [3.63, 3.8) is 0 Å². The second-order valence-corrected chi connectivity index (χ2v) is 10.4. The van der Waals surface area contributed by atoms with E-state index in [9.17, 15) is 9.18 Å². The first-order chi connectivity index (χ1) is 16.5. The maximum absolute atomic E-state index is 14.8. The van der Waals surface area contributed by atoms with Gasteiger partial charge in [-0.1, -0.05) is 72.3 Å². The molecule has 7 rings (SSSR count). The van der Waals surface area contributed by atoms with Crippen molar-refractivity contribution in [2.45, 2.75) is 30.7 Å². The SMILES string of the molecule is COC(=O)C12CN(Cc3ccccc3)CC1C1(c3ccc(Cl)c(F)c3)CCC2c2ccccc21. The van der Waals surface area contributed by atoms with E-state index < -0.39 is 16.6 Å². The number of methoxy groups -OCH3 is 1. The number of halogens is 2. The lowest BCUT2D eigenvalue weighted by Crippen LogP contribution is -2.60. The maximum Gasteiger partial charge on any atom is 0.314 e. The van der Waals surface area contributed by atoms with Gasteiger partial charge in [-0.2, -0.15) is 0 Å². The quantitative estimate of drug-likeness (QED) is 0.437. The van der Waals surface area contributed by atoms with Crippen molar-refractivity contribution in [2.24, 2.45) is 11.3 Å². The number of likely N-dealkylation sites (tertiary alicyclic amines) is 1. The summed E-state index contributed by atoms with van der Waals surface area (Å²) in [6.07, 6.45) is 1.74. The molecular formula is C29H27ClFNO2. The topological polar surface area (TPSA) is 29.5 Å². The minimum atomic E-state index is -0.674. The predicted octanol–water partition coefficient (Wildman–Crippen LogP) is 5.95. The zero-order valence-electron chi connectivity index (χ0n) is 19.1. The summed E-state index contributed by atoms with van der Waals surface area (Å²) >= 11 is 6.09. The number of esters is 1. The van der Waals surface area contributed by atoms with Crippen molar-refractivity contribution in [3.05, 3.63) is 106 Å². The third kappa shape index (κ3) is 2.88. The Bertz CT molecular complexity index is 1260. The van der Waals surface area contributed by atoms with Gasteiger partial charge < -0.3 is 4.74 Å². The average molecular weight is 476 g/mol. The fraction of sp³-hybridized carbons (Fsp3) is 0.345. The minimum absolute atomic E-state index is 0.0228. The molecule has 4 unspecified atom stereocenters. The first-order valence-electron chi connectivity index (χ1n) is 11.9. The summed E-state index contributed by atoms with van der Waals surface area (Å²) in [6, 6.07) is 24.0. The van der Waals surface area contributed by atoms with E-state index in [0.717, 1.165) is 31.5 Å². The number of ether oxygens (including phenoxy) is 1. The number of carbonyl (C=O) groups is 1. The maximum atomic E-state index is 14.8. The molecule has 3 aromatic carbocycles. The summed E-state index contributed by atoms with van der Waals surface area (Å²) in [7, 11) is 1.50. The van der Waals surface area contributed by atoms with Crippen LogP contribution in [0.5, 0.6) is 0 Å². The standard InChI is InChI=1S/C29H27ClFNO2/c1-34-27(33)29-18-32(16-19-7-3-2-4-8-19)17-26(29)28(20-11-12-24(30)25(31)15-20)14-13-23(29)21-9-5-6-10-22(21)28/h2-12,15,23,26H,13-14,16-18H2,1H3. The average Bonchev–Trinajstić information content (AvgIpc) is 3.27. The Morgan fingerprint density at radius 1 is 1.12 bits per heavy atom. The molecular weight excluding hydrogens is 449 g/mol. The molecule has 4 atom stereocenters. The molecule has 174 valence electrons. The molecule has 0 spiro atoms. The fourth-order valence-electron chi connectivity index (χ4n) is 7.46. The van der Waals surface area contributed by atoms with Crippen molar-refractivity contribution in [1.82, 2.24) is 4.90 Å². The number of carbonyl (C=O) groups excluding carboxylic acids is 1. The molecule has 34 heavy (non-hydrogen) atoms. The molecule has 1 aliphatic heterocycles. The Morgan fingerprint density at radius 2 is 1.88 bits per heavy atom. The Labute approximate surface area is 204 Å². The van der Waals surface area contributed by atoms with Crippen LogP contribution in [-0.4, -0.2) is 31.1 Å². The van der Waals surface area contributed by atoms with E-state index >= 15 is 0 Å². The number of rotatable bonds is 4. The minimum Gasteiger partial charge on any atom is -0.469 e. The number of hydrogen-bond acceptors (Lipinski definition) is 3. The van der Waals surface area contributed by atoms with Gasteiger partial charge in [-0.05, 0) is 47.2 Å². The highest BCUT2D eigenvalue weighted by molar-refractivity contribution is 6.30. The largest absolute Gasteiger partial charge is 0.469 e. The van der Waals surface area contributed by atoms with Crippen LogP contribution >= 0.6 is 11.6 Å². The van der Waals surface area contributed by atoms with E-state index in [2.05, 4.69) is 35.2 Å². The lowest BCUT2D eigenvalue weighted by Gasteiger charge is -2.59. The highest BCUT2D eigenvalue weighted by Crippen LogP contribution is 2.69. The van der Waals surface area contributed by atoms with Gasteiger partial charge in [-0.15, -0.1) is 0 Å². The van der Waals surface area contributed by atoms with Gasteiger partial charge in [0.05, 0.1) is 17.5 Å². The molecule has 3 aliphatic carbocycles. The fourth-order valence-corrected chi connectivity index (χ4v) is 7.57. The molecule has 0 aromatic heterocycles. The molecule has 1 heterocycles. The summed E-state index contributed by atoms with van der Waals surface area (Å²) in [5.74, 6) is -0.501. The number of nitrogens with zero attached hydrogens (tertiary/aromatic N) is 1. The molecule has 2 fully saturated rings. The van der Waals surface area contributed by atoms with Gasteiger partial charge in [0.1, 0.15) is 5.82 Å². The van der Waals surface area contributed by atoms with Crippen LogP contribution in [0.15, 0.2) is 72.8 Å². The van der Waals surface area contributed by atoms with Crippen molar-refractivity contribution in [1.29, 1.82) is 0 Å². The van der Waals surface area contributed by atoms with Gasteiger partial charge in [0.15, 0.2) is 0 Å². The first kappa shape index (κ1) is 21.8. The van der Waals surface area contributed by atoms with Crippen LogP contribution in [0, 0.1) is 17.2 Å². The van der Waals surface area contributed by atoms with E-state index in [-0.39, 0.29) is 22.8 Å². The number of fused-ring (bicyclic) bond motifs is 1. The molecule has 0 N–H and O–H groups in total. The smallest absolute Gasteiger partial charge is 0.314 e. The third-order valence-electron chi connectivity index (χ3n) is 8.66. The summed E-state index contributed by atoms with van der Waals surface area (Å²) < 4.78 is 20.3. The Hall–Kier alpha value is -2.69. The molecule has 4 aliphatic rings. The zero-order chi connectivity index (χ0) is 23.5. The monoisotopic (exact) mass is 475 g/mol. The van der Waals surface area contributed by atoms with Gasteiger partial charge in [0, 0.05) is 36.9 Å². The van der Waals surface area contributed by atoms with Crippen molar-refractivity contribution < 1.29 is 13.9 Å². The van der Waals surface area contributed by atoms with E-state index in [1.807, 2.05) is 30.3 Å². The lowest BCUT2D eigenvalue weighted by molar-refractivity contribution is -0.161. The van der Waals surface area contributed by atoms with Crippen LogP contribution in [0.25, 0.3) is 0 Å². The molecule has 5 heteroatoms. The number of benzene rings is 3. The number of hydrogen-bond donors (Lipinski definition) is 0. The van der Waals surface area contributed by atoms with Crippen molar-refractivity contribution in [2.75, 3.05) is 20.2 Å². The van der Waals surface area contributed by atoms with Crippen LogP contribution in [-0.2, 0) is 21.5 Å². The molecule has 2 bridgehead atoms. The van der Waals surface area contributed by atoms with E-state index in [4.69, 9.17) is 16.3 Å². The third-order valence-corrected chi connectivity index (χ3v) is 8.96. The van der Waals surface area contributed by atoms with Gasteiger partial charge in [-0.25, -0.2) is 4.39 Å². The van der Waals surface area contributed by atoms with E-state index in [1.54, 1.807) is 12.1 Å². The highest BCUT2D eigenvalue weighted by Gasteiger charge is 2.70. The Kier molecular flexibility index (Phi) is 5.09. The molecule has 3 aromatic rings. The predicted molar refractivity (Wildman–Crippen MR) is 130 cm³/mol. The Balaban J connectivity index is 1.56. The second kappa shape index (κ2) is 7.93. The summed E-state index contributed by atoms with van der Waals surface area (Å²) in [6.45, 7) is 2.15. The van der Waals surface area contributed by atoms with Crippen LogP contribution < -0.4 is 0 Å². The molecule has 0 amide bonds.